The lowest BCUT2D eigenvalue weighted by molar-refractivity contribution is 0.0331. The predicted octanol–water partition coefficient (Wildman–Crippen LogP) is 2.32. The van der Waals surface area contributed by atoms with Crippen LogP contribution in [0.3, 0.4) is 0 Å². The second-order valence-electron chi connectivity index (χ2n) is 8.19. The first-order chi connectivity index (χ1) is 15.0. The minimum absolute atomic E-state index is 0.0251. The summed E-state index contributed by atoms with van der Waals surface area (Å²) in [6, 6.07) is 7.94. The van der Waals surface area contributed by atoms with E-state index in [-0.39, 0.29) is 5.56 Å². The van der Waals surface area contributed by atoms with E-state index in [2.05, 4.69) is 14.7 Å². The maximum Gasteiger partial charge on any atom is 0.263 e. The second-order valence-corrected chi connectivity index (χ2v) is 8.19. The third-order valence-corrected chi connectivity index (χ3v) is 6.07. The van der Waals surface area contributed by atoms with Crippen LogP contribution in [0.15, 0.2) is 30.3 Å². The first kappa shape index (κ1) is 22.1. The first-order valence-electron chi connectivity index (χ1n) is 10.9. The Kier molecular flexibility index (Phi) is 7.16. The topological polar surface area (TPSA) is 57.0 Å². The van der Waals surface area contributed by atoms with Gasteiger partial charge in [-0.05, 0) is 19.1 Å². The van der Waals surface area contributed by atoms with Crippen molar-refractivity contribution in [2.24, 2.45) is 0 Å². The quantitative estimate of drug-likeness (QED) is 0.721. The number of anilines is 1. The van der Waals surface area contributed by atoms with Crippen molar-refractivity contribution in [2.75, 3.05) is 70.5 Å². The molecule has 2 aromatic rings. The number of aliphatic hydroxyl groups excluding tert-OH is 1. The molecule has 7 nitrogen and oxygen atoms in total. The molecule has 0 spiro atoms. The Hall–Kier alpha value is -2.07. The van der Waals surface area contributed by atoms with Gasteiger partial charge in [-0.25, -0.2) is 13.5 Å². The molecule has 0 radical (unpaired) electrons. The molecule has 0 bridgehead atoms. The number of benzene rings is 1. The highest BCUT2D eigenvalue weighted by atomic mass is 19.3. The summed E-state index contributed by atoms with van der Waals surface area (Å²) in [5, 5.41) is 14.9. The smallest absolute Gasteiger partial charge is 0.263 e. The number of hydrogen-bond acceptors (Lipinski definition) is 6. The van der Waals surface area contributed by atoms with Gasteiger partial charge in [0.2, 0.25) is 0 Å². The van der Waals surface area contributed by atoms with Crippen LogP contribution in [0, 0.1) is 0 Å². The summed E-state index contributed by atoms with van der Waals surface area (Å²) in [6.45, 7) is 11.1. The molecule has 0 saturated carbocycles. The Morgan fingerprint density at radius 1 is 0.968 bits per heavy atom. The second kappa shape index (κ2) is 10.0. The zero-order valence-electron chi connectivity index (χ0n) is 18.0. The Morgan fingerprint density at radius 2 is 1.58 bits per heavy atom. The zero-order valence-corrected chi connectivity index (χ0v) is 18.0. The number of alkyl halides is 2. The molecule has 2 aliphatic rings. The molecular formula is C22H31F2N5O2. The Morgan fingerprint density at radius 3 is 2.16 bits per heavy atom. The number of morpholine rings is 1. The van der Waals surface area contributed by atoms with Crippen LogP contribution in [0.4, 0.5) is 14.6 Å². The van der Waals surface area contributed by atoms with Crippen molar-refractivity contribution in [2.45, 2.75) is 19.5 Å². The maximum atomic E-state index is 12.9. The van der Waals surface area contributed by atoms with Crippen LogP contribution in [0.2, 0.25) is 0 Å². The van der Waals surface area contributed by atoms with Crippen LogP contribution in [0.25, 0.3) is 5.69 Å². The summed E-state index contributed by atoms with van der Waals surface area (Å²) in [4.78, 5) is 7.15. The lowest BCUT2D eigenvalue weighted by Crippen LogP contribution is -2.49. The van der Waals surface area contributed by atoms with Gasteiger partial charge in [0.25, 0.3) is 6.43 Å². The molecule has 3 heterocycles. The highest BCUT2D eigenvalue weighted by Crippen LogP contribution is 2.26. The molecule has 1 aromatic heterocycles. The fourth-order valence-corrected chi connectivity index (χ4v) is 4.11. The number of ether oxygens (including phenoxy) is 1. The summed E-state index contributed by atoms with van der Waals surface area (Å²) in [6.07, 6.45) is -3.22. The summed E-state index contributed by atoms with van der Waals surface area (Å²) in [7, 11) is 0. The fraction of sp³-hybridized carbons (Fsp3) is 0.591. The molecule has 1 atom stereocenters. The standard InChI is InChI=1S/C22H31F2N5O2/c1-17(30)20-16-21(25-29(20)19-4-2-18(3-5-19)22(23)24)28-10-8-26(9-11-28)6-7-27-12-14-31-15-13-27/h2-5,16-17,22,30H,6-15H2,1H3. The van der Waals surface area contributed by atoms with Gasteiger partial charge in [0, 0.05) is 64.0 Å². The number of hydrogen-bond donors (Lipinski definition) is 1. The Bertz CT molecular complexity index is 829. The molecule has 170 valence electrons. The van der Waals surface area contributed by atoms with Crippen LogP contribution >= 0.6 is 0 Å². The van der Waals surface area contributed by atoms with Gasteiger partial charge in [-0.2, -0.15) is 0 Å². The molecule has 1 N–H and O–H groups in total. The molecule has 1 aromatic carbocycles. The van der Waals surface area contributed by atoms with Crippen molar-refractivity contribution in [1.82, 2.24) is 19.6 Å². The number of aliphatic hydroxyl groups is 1. The number of aromatic nitrogens is 2. The third-order valence-electron chi connectivity index (χ3n) is 6.07. The molecule has 0 aliphatic carbocycles. The van der Waals surface area contributed by atoms with Crippen LogP contribution in [0.5, 0.6) is 0 Å². The molecule has 31 heavy (non-hydrogen) atoms. The van der Waals surface area contributed by atoms with Gasteiger partial charge in [-0.1, -0.05) is 12.1 Å². The van der Waals surface area contributed by atoms with E-state index in [1.165, 1.54) is 12.1 Å². The van der Waals surface area contributed by atoms with E-state index in [0.717, 1.165) is 71.4 Å². The summed E-state index contributed by atoms with van der Waals surface area (Å²) in [5.74, 6) is 0.807. The van der Waals surface area contributed by atoms with Crippen molar-refractivity contribution in [3.63, 3.8) is 0 Å². The van der Waals surface area contributed by atoms with Gasteiger partial charge in [0.05, 0.1) is 30.7 Å². The average Bonchev–Trinajstić information content (AvgIpc) is 3.25. The molecule has 1 unspecified atom stereocenters. The number of piperazine rings is 1. The van der Waals surface area contributed by atoms with Gasteiger partial charge in [0.15, 0.2) is 5.82 Å². The van der Waals surface area contributed by atoms with Gasteiger partial charge in [-0.15, -0.1) is 5.10 Å². The largest absolute Gasteiger partial charge is 0.387 e. The fourth-order valence-electron chi connectivity index (χ4n) is 4.11. The lowest BCUT2D eigenvalue weighted by Gasteiger charge is -2.36. The van der Waals surface area contributed by atoms with Crippen molar-refractivity contribution in [1.29, 1.82) is 0 Å². The Labute approximate surface area is 181 Å². The van der Waals surface area contributed by atoms with E-state index >= 15 is 0 Å². The van der Waals surface area contributed by atoms with Crippen LogP contribution < -0.4 is 4.90 Å². The zero-order chi connectivity index (χ0) is 21.8. The number of nitrogens with zero attached hydrogens (tertiary/aromatic N) is 5. The van der Waals surface area contributed by atoms with E-state index in [9.17, 15) is 13.9 Å². The summed E-state index contributed by atoms with van der Waals surface area (Å²) < 4.78 is 32.8. The number of rotatable bonds is 7. The maximum absolute atomic E-state index is 12.9. The van der Waals surface area contributed by atoms with Crippen LogP contribution in [-0.4, -0.2) is 90.3 Å². The first-order valence-corrected chi connectivity index (χ1v) is 10.9. The lowest BCUT2D eigenvalue weighted by atomic mass is 10.2. The normalized spacial score (nSPS) is 19.8. The SMILES string of the molecule is CC(O)c1cc(N2CCN(CCN3CCOCC3)CC2)nn1-c1ccc(C(F)F)cc1. The van der Waals surface area contributed by atoms with E-state index < -0.39 is 12.5 Å². The van der Waals surface area contributed by atoms with Crippen molar-refractivity contribution >= 4 is 5.82 Å². The molecule has 0 amide bonds. The van der Waals surface area contributed by atoms with E-state index in [1.807, 2.05) is 6.07 Å². The predicted molar refractivity (Wildman–Crippen MR) is 115 cm³/mol. The van der Waals surface area contributed by atoms with E-state index in [4.69, 9.17) is 9.84 Å². The number of halogens is 2. The third kappa shape index (κ3) is 5.41. The van der Waals surface area contributed by atoms with Gasteiger partial charge >= 0.3 is 0 Å². The highest BCUT2D eigenvalue weighted by molar-refractivity contribution is 5.45. The van der Waals surface area contributed by atoms with Crippen LogP contribution in [-0.2, 0) is 4.74 Å². The Balaban J connectivity index is 1.39. The van der Waals surface area contributed by atoms with Crippen LogP contribution in [0.1, 0.15) is 30.7 Å². The van der Waals surface area contributed by atoms with Gasteiger partial charge < -0.3 is 14.7 Å². The van der Waals surface area contributed by atoms with Crippen molar-refractivity contribution < 1.29 is 18.6 Å². The molecule has 9 heteroatoms. The van der Waals surface area contributed by atoms with Crippen molar-refractivity contribution in [3.8, 4) is 5.69 Å². The van der Waals surface area contributed by atoms with E-state index in [1.54, 1.807) is 23.7 Å². The molecular weight excluding hydrogens is 404 g/mol. The minimum Gasteiger partial charge on any atom is -0.387 e. The molecule has 2 fully saturated rings. The minimum atomic E-state index is -2.50. The average molecular weight is 436 g/mol. The van der Waals surface area contributed by atoms with Crippen molar-refractivity contribution in [3.05, 3.63) is 41.6 Å². The van der Waals surface area contributed by atoms with Gasteiger partial charge in [-0.3, -0.25) is 9.80 Å². The highest BCUT2D eigenvalue weighted by Gasteiger charge is 2.23. The monoisotopic (exact) mass is 435 g/mol. The molecule has 2 aliphatic heterocycles. The molecule has 2 saturated heterocycles. The summed E-state index contributed by atoms with van der Waals surface area (Å²) in [5.41, 5.74) is 1.29. The van der Waals surface area contributed by atoms with Gasteiger partial charge in [0.1, 0.15) is 0 Å². The molecule has 4 rings (SSSR count). The summed E-state index contributed by atoms with van der Waals surface area (Å²) >= 11 is 0. The van der Waals surface area contributed by atoms with E-state index in [0.29, 0.717) is 11.4 Å².